The van der Waals surface area contributed by atoms with E-state index >= 15 is 0 Å². The average molecular weight is 240 g/mol. The van der Waals surface area contributed by atoms with Crippen molar-refractivity contribution >= 4 is 23.5 Å². The number of furan rings is 1. The maximum Gasteiger partial charge on any atom is 0.229 e. The first-order valence-electron chi connectivity index (χ1n) is 4.62. The summed E-state index contributed by atoms with van der Waals surface area (Å²) in [5.74, 6) is 0.847. The highest BCUT2D eigenvalue weighted by Gasteiger charge is 2.03. The van der Waals surface area contributed by atoms with E-state index in [0.29, 0.717) is 18.4 Å². The van der Waals surface area contributed by atoms with E-state index in [1.807, 2.05) is 6.07 Å². The summed E-state index contributed by atoms with van der Waals surface area (Å²) >= 11 is 5.73. The molecule has 0 aromatic carbocycles. The molecule has 0 amide bonds. The molecule has 0 saturated carbocycles. The molecule has 0 unspecified atom stereocenters. The number of hydrogen-bond acceptors (Lipinski definition) is 6. The zero-order valence-corrected chi connectivity index (χ0v) is 9.32. The quantitative estimate of drug-likeness (QED) is 0.847. The minimum Gasteiger partial charge on any atom is -0.472 e. The van der Waals surface area contributed by atoms with E-state index < -0.39 is 0 Å². The van der Waals surface area contributed by atoms with Crippen LogP contribution in [0.1, 0.15) is 5.56 Å². The van der Waals surface area contributed by atoms with E-state index in [0.717, 1.165) is 5.56 Å². The normalized spacial score (nSPS) is 10.1. The van der Waals surface area contributed by atoms with Gasteiger partial charge in [-0.15, -0.1) is 0 Å². The minimum atomic E-state index is 0.147. The summed E-state index contributed by atoms with van der Waals surface area (Å²) in [5, 5.41) is 5.96. The fraction of sp³-hybridized carbons (Fsp3) is 0.222. The molecule has 2 aromatic rings. The van der Waals surface area contributed by atoms with Gasteiger partial charge in [0.2, 0.25) is 17.2 Å². The first kappa shape index (κ1) is 10.7. The molecular formula is C9H10ClN5O. The monoisotopic (exact) mass is 239 g/mol. The molecule has 16 heavy (non-hydrogen) atoms. The van der Waals surface area contributed by atoms with Crippen LogP contribution in [0.15, 0.2) is 23.0 Å². The number of rotatable bonds is 4. The Kier molecular flexibility index (Phi) is 3.21. The van der Waals surface area contributed by atoms with Gasteiger partial charge in [0.15, 0.2) is 0 Å². The van der Waals surface area contributed by atoms with Gasteiger partial charge in [-0.3, -0.25) is 0 Å². The Morgan fingerprint density at radius 2 is 2.12 bits per heavy atom. The zero-order valence-electron chi connectivity index (χ0n) is 8.57. The highest BCUT2D eigenvalue weighted by molar-refractivity contribution is 6.28. The fourth-order valence-corrected chi connectivity index (χ4v) is 1.28. The minimum absolute atomic E-state index is 0.147. The number of aromatic nitrogens is 3. The van der Waals surface area contributed by atoms with Gasteiger partial charge in [-0.1, -0.05) is 0 Å². The van der Waals surface area contributed by atoms with Crippen LogP contribution in [0.5, 0.6) is 0 Å². The third-order valence-electron chi connectivity index (χ3n) is 1.86. The molecule has 2 heterocycles. The number of hydrogen-bond donors (Lipinski definition) is 2. The van der Waals surface area contributed by atoms with Crippen molar-refractivity contribution in [2.45, 2.75) is 6.54 Å². The Bertz CT molecular complexity index is 459. The molecule has 6 nitrogen and oxygen atoms in total. The standard InChI is InChI=1S/C9H10ClN5O/c1-11-8-13-7(10)14-9(15-8)12-4-6-2-3-16-5-6/h2-3,5H,4H2,1H3,(H2,11,12,13,14,15). The summed E-state index contributed by atoms with van der Waals surface area (Å²) in [6, 6.07) is 1.86. The smallest absolute Gasteiger partial charge is 0.229 e. The predicted molar refractivity (Wildman–Crippen MR) is 60.4 cm³/mol. The molecule has 84 valence electrons. The lowest BCUT2D eigenvalue weighted by Crippen LogP contribution is -2.06. The summed E-state index contributed by atoms with van der Waals surface area (Å²) in [6.07, 6.45) is 3.26. The molecular weight excluding hydrogens is 230 g/mol. The molecule has 7 heteroatoms. The van der Waals surface area contributed by atoms with Crippen molar-refractivity contribution in [3.05, 3.63) is 29.4 Å². The second-order valence-corrected chi connectivity index (χ2v) is 3.32. The van der Waals surface area contributed by atoms with Gasteiger partial charge < -0.3 is 15.1 Å². The second-order valence-electron chi connectivity index (χ2n) is 2.99. The van der Waals surface area contributed by atoms with E-state index in [4.69, 9.17) is 16.0 Å². The van der Waals surface area contributed by atoms with E-state index in [2.05, 4.69) is 25.6 Å². The lowest BCUT2D eigenvalue weighted by Gasteiger charge is -2.04. The van der Waals surface area contributed by atoms with Crippen molar-refractivity contribution < 1.29 is 4.42 Å². The van der Waals surface area contributed by atoms with Crippen LogP contribution in [0.25, 0.3) is 0 Å². The maximum absolute atomic E-state index is 5.73. The van der Waals surface area contributed by atoms with Crippen molar-refractivity contribution in [3.8, 4) is 0 Å². The van der Waals surface area contributed by atoms with E-state index in [1.54, 1.807) is 19.6 Å². The molecule has 0 bridgehead atoms. The topological polar surface area (TPSA) is 75.9 Å². The third-order valence-corrected chi connectivity index (χ3v) is 2.03. The van der Waals surface area contributed by atoms with Gasteiger partial charge in [-0.05, 0) is 17.7 Å². The van der Waals surface area contributed by atoms with Crippen LogP contribution in [-0.4, -0.2) is 22.0 Å². The summed E-state index contributed by atoms with van der Waals surface area (Å²) < 4.78 is 4.94. The van der Waals surface area contributed by atoms with Crippen molar-refractivity contribution in [2.24, 2.45) is 0 Å². The van der Waals surface area contributed by atoms with Gasteiger partial charge in [-0.2, -0.15) is 15.0 Å². The lowest BCUT2D eigenvalue weighted by molar-refractivity contribution is 0.564. The summed E-state index contributed by atoms with van der Waals surface area (Å²) in [5.41, 5.74) is 1.00. The Morgan fingerprint density at radius 1 is 1.31 bits per heavy atom. The van der Waals surface area contributed by atoms with Gasteiger partial charge >= 0.3 is 0 Å². The number of nitrogens with one attached hydrogen (secondary N) is 2. The maximum atomic E-state index is 5.73. The SMILES string of the molecule is CNc1nc(Cl)nc(NCc2ccoc2)n1. The molecule has 2 N–H and O–H groups in total. The Hall–Kier alpha value is -1.82. The second kappa shape index (κ2) is 4.80. The Morgan fingerprint density at radius 3 is 2.81 bits per heavy atom. The molecule has 2 rings (SSSR count). The fourth-order valence-electron chi connectivity index (χ4n) is 1.12. The Labute approximate surface area is 97.1 Å². The molecule has 0 aliphatic carbocycles. The average Bonchev–Trinajstić information content (AvgIpc) is 2.78. The highest BCUT2D eigenvalue weighted by atomic mass is 35.5. The molecule has 0 fully saturated rings. The molecule has 0 aliphatic rings. The molecule has 2 aromatic heterocycles. The number of nitrogens with zero attached hydrogens (tertiary/aromatic N) is 3. The van der Waals surface area contributed by atoms with Gasteiger partial charge in [0, 0.05) is 19.2 Å². The molecule has 0 spiro atoms. The summed E-state index contributed by atoms with van der Waals surface area (Å²) in [6.45, 7) is 0.569. The van der Waals surface area contributed by atoms with E-state index in [1.165, 1.54) is 0 Å². The van der Waals surface area contributed by atoms with Gasteiger partial charge in [-0.25, -0.2) is 0 Å². The summed E-state index contributed by atoms with van der Waals surface area (Å²) in [4.78, 5) is 11.9. The highest BCUT2D eigenvalue weighted by Crippen LogP contribution is 2.10. The predicted octanol–water partition coefficient (Wildman–Crippen LogP) is 1.77. The largest absolute Gasteiger partial charge is 0.472 e. The van der Waals surface area contributed by atoms with Gasteiger partial charge in [0.1, 0.15) is 0 Å². The number of halogens is 1. The first-order valence-corrected chi connectivity index (χ1v) is 5.00. The van der Waals surface area contributed by atoms with Crippen LogP contribution in [0, 0.1) is 0 Å². The van der Waals surface area contributed by atoms with E-state index in [-0.39, 0.29) is 5.28 Å². The van der Waals surface area contributed by atoms with Crippen LogP contribution in [0.3, 0.4) is 0 Å². The lowest BCUT2D eigenvalue weighted by atomic mass is 10.3. The first-order chi connectivity index (χ1) is 7.78. The molecule has 0 aliphatic heterocycles. The Balaban J connectivity index is 2.06. The van der Waals surface area contributed by atoms with Gasteiger partial charge in [0.25, 0.3) is 0 Å². The van der Waals surface area contributed by atoms with Crippen LogP contribution in [0.4, 0.5) is 11.9 Å². The molecule has 0 atom stereocenters. The number of anilines is 2. The van der Waals surface area contributed by atoms with Crippen LogP contribution in [0.2, 0.25) is 5.28 Å². The molecule has 0 saturated heterocycles. The zero-order chi connectivity index (χ0) is 11.4. The molecule has 0 radical (unpaired) electrons. The van der Waals surface area contributed by atoms with Crippen molar-refractivity contribution in [2.75, 3.05) is 17.7 Å². The van der Waals surface area contributed by atoms with Crippen LogP contribution >= 0.6 is 11.6 Å². The van der Waals surface area contributed by atoms with Crippen molar-refractivity contribution in [3.63, 3.8) is 0 Å². The third kappa shape index (κ3) is 2.60. The van der Waals surface area contributed by atoms with Crippen LogP contribution < -0.4 is 10.6 Å². The van der Waals surface area contributed by atoms with Crippen LogP contribution in [-0.2, 0) is 6.54 Å². The van der Waals surface area contributed by atoms with Gasteiger partial charge in [0.05, 0.1) is 12.5 Å². The van der Waals surface area contributed by atoms with E-state index in [9.17, 15) is 0 Å². The van der Waals surface area contributed by atoms with Crippen molar-refractivity contribution in [1.82, 2.24) is 15.0 Å². The summed E-state index contributed by atoms with van der Waals surface area (Å²) in [7, 11) is 1.71. The van der Waals surface area contributed by atoms with Crippen molar-refractivity contribution in [1.29, 1.82) is 0 Å².